The SMILES string of the molecule is COCC(=O)N1CC(Oc2cc(-c3ccncc3Cl)c(-c3ccc(C(F)(F)F)cc3)nn2)C1. The summed E-state index contributed by atoms with van der Waals surface area (Å²) in [6, 6.07) is 7.93. The molecule has 1 aliphatic heterocycles. The first kappa shape index (κ1) is 22.9. The highest BCUT2D eigenvalue weighted by atomic mass is 35.5. The molecule has 4 rings (SSSR count). The van der Waals surface area contributed by atoms with Crippen LogP contribution in [-0.4, -0.2) is 58.9 Å². The number of methoxy groups -OCH3 is 1. The van der Waals surface area contributed by atoms with Gasteiger partial charge in [-0.25, -0.2) is 0 Å². The topological polar surface area (TPSA) is 77.4 Å². The Morgan fingerprint density at radius 3 is 2.52 bits per heavy atom. The van der Waals surface area contributed by atoms with Gasteiger partial charge in [0.1, 0.15) is 18.4 Å². The summed E-state index contributed by atoms with van der Waals surface area (Å²) < 4.78 is 49.5. The maximum Gasteiger partial charge on any atom is 0.416 e. The van der Waals surface area contributed by atoms with E-state index < -0.39 is 11.7 Å². The van der Waals surface area contributed by atoms with Gasteiger partial charge in [-0.05, 0) is 18.2 Å². The van der Waals surface area contributed by atoms with Gasteiger partial charge < -0.3 is 14.4 Å². The zero-order valence-corrected chi connectivity index (χ0v) is 18.1. The second kappa shape index (κ2) is 9.32. The number of amides is 1. The molecule has 172 valence electrons. The fourth-order valence-electron chi connectivity index (χ4n) is 3.36. The number of pyridine rings is 1. The second-order valence-corrected chi connectivity index (χ2v) is 7.75. The van der Waals surface area contributed by atoms with E-state index in [-0.39, 0.29) is 24.5 Å². The van der Waals surface area contributed by atoms with Crippen molar-refractivity contribution in [3.63, 3.8) is 0 Å². The number of halogens is 4. The Morgan fingerprint density at radius 2 is 1.88 bits per heavy atom. The molecule has 0 spiro atoms. The fraction of sp³-hybridized carbons (Fsp3) is 0.273. The Labute approximate surface area is 192 Å². The van der Waals surface area contributed by atoms with Gasteiger partial charge in [0.2, 0.25) is 11.8 Å². The summed E-state index contributed by atoms with van der Waals surface area (Å²) >= 11 is 6.33. The van der Waals surface area contributed by atoms with Crippen molar-refractivity contribution in [1.29, 1.82) is 0 Å². The molecule has 1 saturated heterocycles. The molecular formula is C22H18ClF3N4O3. The van der Waals surface area contributed by atoms with Crippen LogP contribution in [-0.2, 0) is 15.7 Å². The lowest BCUT2D eigenvalue weighted by atomic mass is 10.00. The van der Waals surface area contributed by atoms with Crippen molar-refractivity contribution >= 4 is 17.5 Å². The summed E-state index contributed by atoms with van der Waals surface area (Å²) in [7, 11) is 1.45. The van der Waals surface area contributed by atoms with E-state index >= 15 is 0 Å². The molecule has 1 amide bonds. The van der Waals surface area contributed by atoms with E-state index in [0.29, 0.717) is 40.5 Å². The Morgan fingerprint density at radius 1 is 1.15 bits per heavy atom. The molecule has 11 heteroatoms. The number of carbonyl (C=O) groups excluding carboxylic acids is 1. The molecule has 0 saturated carbocycles. The molecule has 3 aromatic rings. The summed E-state index contributed by atoms with van der Waals surface area (Å²) in [5, 5.41) is 8.64. The van der Waals surface area contributed by atoms with E-state index in [1.807, 2.05) is 0 Å². The summed E-state index contributed by atoms with van der Waals surface area (Å²) in [5.41, 5.74) is 1.12. The first-order valence-corrected chi connectivity index (χ1v) is 10.2. The van der Waals surface area contributed by atoms with Gasteiger partial charge in [0.05, 0.1) is 23.7 Å². The zero-order valence-electron chi connectivity index (χ0n) is 17.3. The first-order valence-electron chi connectivity index (χ1n) is 9.85. The average molecular weight is 479 g/mol. The minimum atomic E-state index is -4.44. The summed E-state index contributed by atoms with van der Waals surface area (Å²) in [6.07, 6.45) is -1.71. The largest absolute Gasteiger partial charge is 0.469 e. The molecule has 2 aromatic heterocycles. The lowest BCUT2D eigenvalue weighted by Gasteiger charge is -2.38. The van der Waals surface area contributed by atoms with Crippen LogP contribution in [0.25, 0.3) is 22.4 Å². The molecule has 1 aliphatic rings. The van der Waals surface area contributed by atoms with Gasteiger partial charge in [-0.1, -0.05) is 23.7 Å². The maximum absolute atomic E-state index is 13.0. The van der Waals surface area contributed by atoms with Crippen molar-refractivity contribution in [2.24, 2.45) is 0 Å². The van der Waals surface area contributed by atoms with E-state index in [1.165, 1.54) is 25.4 Å². The lowest BCUT2D eigenvalue weighted by molar-refractivity contribution is -0.144. The fourth-order valence-corrected chi connectivity index (χ4v) is 3.58. The van der Waals surface area contributed by atoms with Crippen molar-refractivity contribution < 1.29 is 27.4 Å². The van der Waals surface area contributed by atoms with Gasteiger partial charge >= 0.3 is 6.18 Å². The minimum absolute atomic E-state index is 0.000951. The molecule has 0 bridgehead atoms. The molecule has 0 radical (unpaired) electrons. The lowest BCUT2D eigenvalue weighted by Crippen LogP contribution is -2.57. The highest BCUT2D eigenvalue weighted by Gasteiger charge is 2.33. The quantitative estimate of drug-likeness (QED) is 0.530. The summed E-state index contributed by atoms with van der Waals surface area (Å²) in [4.78, 5) is 17.4. The monoisotopic (exact) mass is 478 g/mol. The number of likely N-dealkylation sites (tertiary alicyclic amines) is 1. The molecule has 0 unspecified atom stereocenters. The first-order chi connectivity index (χ1) is 15.8. The zero-order chi connectivity index (χ0) is 23.6. The standard InChI is InChI=1S/C22H18ClF3N4O3/c1-32-12-20(31)30-10-15(11-30)33-19-8-17(16-6-7-27-9-18(16)23)21(29-28-19)13-2-4-14(5-3-13)22(24,25)26/h2-9,15H,10-12H2,1H3. The number of hydrogen-bond acceptors (Lipinski definition) is 6. The van der Waals surface area contributed by atoms with Crippen molar-refractivity contribution in [2.45, 2.75) is 12.3 Å². The Balaban J connectivity index is 1.63. The Hall–Kier alpha value is -3.24. The molecule has 33 heavy (non-hydrogen) atoms. The number of nitrogens with zero attached hydrogens (tertiary/aromatic N) is 4. The Bertz CT molecular complexity index is 1150. The number of alkyl halides is 3. The molecular weight excluding hydrogens is 461 g/mol. The van der Waals surface area contributed by atoms with Gasteiger partial charge in [0, 0.05) is 42.3 Å². The van der Waals surface area contributed by atoms with Crippen LogP contribution in [0.3, 0.4) is 0 Å². The van der Waals surface area contributed by atoms with Gasteiger partial charge in [-0.15, -0.1) is 10.2 Å². The van der Waals surface area contributed by atoms with Crippen LogP contribution in [0.1, 0.15) is 5.56 Å². The molecule has 0 atom stereocenters. The van der Waals surface area contributed by atoms with Crippen LogP contribution in [0.15, 0.2) is 48.8 Å². The third-order valence-electron chi connectivity index (χ3n) is 5.08. The minimum Gasteiger partial charge on any atom is -0.469 e. The number of benzene rings is 1. The van der Waals surface area contributed by atoms with E-state index in [1.54, 1.807) is 23.2 Å². The number of rotatable bonds is 6. The van der Waals surface area contributed by atoms with E-state index in [4.69, 9.17) is 21.1 Å². The molecule has 1 aromatic carbocycles. The summed E-state index contributed by atoms with van der Waals surface area (Å²) in [5.74, 6) is 0.0720. The predicted molar refractivity (Wildman–Crippen MR) is 114 cm³/mol. The van der Waals surface area contributed by atoms with E-state index in [9.17, 15) is 18.0 Å². The number of hydrogen-bond donors (Lipinski definition) is 0. The molecule has 0 N–H and O–H groups in total. The highest BCUT2D eigenvalue weighted by Crippen LogP contribution is 2.37. The molecule has 1 fully saturated rings. The van der Waals surface area contributed by atoms with Crippen LogP contribution in [0.5, 0.6) is 5.88 Å². The molecule has 0 aliphatic carbocycles. The van der Waals surface area contributed by atoms with Gasteiger partial charge in [-0.3, -0.25) is 9.78 Å². The third kappa shape index (κ3) is 5.07. The number of aromatic nitrogens is 3. The van der Waals surface area contributed by atoms with Crippen LogP contribution in [0.2, 0.25) is 5.02 Å². The van der Waals surface area contributed by atoms with Crippen molar-refractivity contribution in [1.82, 2.24) is 20.1 Å². The molecule has 3 heterocycles. The van der Waals surface area contributed by atoms with Gasteiger partial charge in [0.25, 0.3) is 0 Å². The Kier molecular flexibility index (Phi) is 6.48. The van der Waals surface area contributed by atoms with Crippen molar-refractivity contribution in [3.05, 3.63) is 59.4 Å². The summed E-state index contributed by atoms with van der Waals surface area (Å²) in [6.45, 7) is 0.769. The van der Waals surface area contributed by atoms with Crippen molar-refractivity contribution in [2.75, 3.05) is 26.8 Å². The van der Waals surface area contributed by atoms with Crippen LogP contribution in [0, 0.1) is 0 Å². The molecule has 7 nitrogen and oxygen atoms in total. The van der Waals surface area contributed by atoms with Gasteiger partial charge in [-0.2, -0.15) is 13.2 Å². The smallest absolute Gasteiger partial charge is 0.416 e. The highest BCUT2D eigenvalue weighted by molar-refractivity contribution is 6.33. The van der Waals surface area contributed by atoms with Crippen molar-refractivity contribution in [3.8, 4) is 28.3 Å². The average Bonchev–Trinajstić information content (AvgIpc) is 2.76. The van der Waals surface area contributed by atoms with E-state index in [2.05, 4.69) is 15.2 Å². The normalized spacial score (nSPS) is 14.2. The maximum atomic E-state index is 13.0. The van der Waals surface area contributed by atoms with Crippen LogP contribution < -0.4 is 4.74 Å². The van der Waals surface area contributed by atoms with Crippen LogP contribution in [0.4, 0.5) is 13.2 Å². The van der Waals surface area contributed by atoms with Crippen LogP contribution >= 0.6 is 11.6 Å². The predicted octanol–water partition coefficient (Wildman–Crippen LogP) is 4.11. The number of carbonyl (C=O) groups is 1. The van der Waals surface area contributed by atoms with Gasteiger partial charge in [0.15, 0.2) is 0 Å². The van der Waals surface area contributed by atoms with E-state index in [0.717, 1.165) is 12.1 Å². The number of ether oxygens (including phenoxy) is 2. The third-order valence-corrected chi connectivity index (χ3v) is 5.38. The second-order valence-electron chi connectivity index (χ2n) is 7.35.